The van der Waals surface area contributed by atoms with Crippen LogP contribution in [-0.2, 0) is 19.1 Å². The second-order valence-electron chi connectivity index (χ2n) is 10.2. The Bertz CT molecular complexity index is 1060. The Kier molecular flexibility index (Phi) is 7.12. The second-order valence-corrected chi connectivity index (χ2v) is 10.2. The lowest BCUT2D eigenvalue weighted by atomic mass is 9.79. The third-order valence-electron chi connectivity index (χ3n) is 6.47. The highest BCUT2D eigenvalue weighted by Crippen LogP contribution is 2.44. The Labute approximate surface area is 205 Å². The number of rotatable bonds is 8. The summed E-state index contributed by atoms with van der Waals surface area (Å²) in [6, 6.07) is 15.0. The standard InChI is InChI=1S/C27H32N2O6/c1-27(2,3)35-15-23(25(31)32)29-24(30)16-12-17(13-16)28-26(33)34-14-22-20-10-6-4-8-18(20)19-9-5-7-11-21(19)22/h4-11,16-17,22-23H,12-15H2,1-3H3,(H,28,33)(H,29,30)(H,31,32)/t16?,17?,23-/m0/s1. The van der Waals surface area contributed by atoms with Gasteiger partial charge in [0.25, 0.3) is 0 Å². The summed E-state index contributed by atoms with van der Waals surface area (Å²) >= 11 is 0. The number of carbonyl (C=O) groups is 3. The van der Waals surface area contributed by atoms with E-state index < -0.39 is 23.7 Å². The number of alkyl carbamates (subject to hydrolysis) is 1. The minimum Gasteiger partial charge on any atom is -0.480 e. The number of nitrogens with one attached hydrogen (secondary N) is 2. The van der Waals surface area contributed by atoms with Gasteiger partial charge in [0.1, 0.15) is 6.61 Å². The van der Waals surface area contributed by atoms with E-state index in [1.54, 1.807) is 0 Å². The molecular weight excluding hydrogens is 448 g/mol. The maximum atomic E-state index is 12.5. The van der Waals surface area contributed by atoms with Crippen LogP contribution in [0.3, 0.4) is 0 Å². The Morgan fingerprint density at radius 1 is 1.00 bits per heavy atom. The Morgan fingerprint density at radius 3 is 2.11 bits per heavy atom. The van der Waals surface area contributed by atoms with Crippen LogP contribution < -0.4 is 10.6 Å². The van der Waals surface area contributed by atoms with E-state index in [9.17, 15) is 19.5 Å². The average Bonchev–Trinajstić information content (AvgIpc) is 3.10. The van der Waals surface area contributed by atoms with Gasteiger partial charge in [-0.15, -0.1) is 0 Å². The lowest BCUT2D eigenvalue weighted by molar-refractivity contribution is -0.146. The van der Waals surface area contributed by atoms with E-state index in [-0.39, 0.29) is 37.0 Å². The van der Waals surface area contributed by atoms with E-state index in [2.05, 4.69) is 34.9 Å². The minimum absolute atomic E-state index is 0.0173. The largest absolute Gasteiger partial charge is 0.480 e. The van der Waals surface area contributed by atoms with Crippen LogP contribution in [0.2, 0.25) is 0 Å². The van der Waals surface area contributed by atoms with Crippen molar-refractivity contribution >= 4 is 18.0 Å². The van der Waals surface area contributed by atoms with Crippen molar-refractivity contribution in [1.29, 1.82) is 0 Å². The Morgan fingerprint density at radius 2 is 1.57 bits per heavy atom. The molecule has 0 radical (unpaired) electrons. The van der Waals surface area contributed by atoms with E-state index >= 15 is 0 Å². The van der Waals surface area contributed by atoms with Gasteiger partial charge in [-0.25, -0.2) is 9.59 Å². The van der Waals surface area contributed by atoms with Crippen molar-refractivity contribution < 1.29 is 29.0 Å². The Hall–Kier alpha value is -3.39. The molecule has 8 heteroatoms. The summed E-state index contributed by atoms with van der Waals surface area (Å²) in [5.41, 5.74) is 4.11. The topological polar surface area (TPSA) is 114 Å². The number of carbonyl (C=O) groups excluding carboxylic acids is 2. The van der Waals surface area contributed by atoms with Gasteiger partial charge in [-0.1, -0.05) is 48.5 Å². The van der Waals surface area contributed by atoms with Crippen LogP contribution in [-0.4, -0.2) is 54.0 Å². The van der Waals surface area contributed by atoms with Crippen molar-refractivity contribution in [3.63, 3.8) is 0 Å². The second kappa shape index (κ2) is 10.1. The molecule has 35 heavy (non-hydrogen) atoms. The van der Waals surface area contributed by atoms with Crippen molar-refractivity contribution in [3.8, 4) is 11.1 Å². The van der Waals surface area contributed by atoms with Crippen LogP contribution in [0.4, 0.5) is 4.79 Å². The number of carboxylic acids is 1. The quantitative estimate of drug-likeness (QED) is 0.531. The fourth-order valence-corrected chi connectivity index (χ4v) is 4.55. The minimum atomic E-state index is -1.14. The molecule has 8 nitrogen and oxygen atoms in total. The first-order valence-corrected chi connectivity index (χ1v) is 11.9. The number of aliphatic carboxylic acids is 1. The highest BCUT2D eigenvalue weighted by Gasteiger charge is 2.38. The monoisotopic (exact) mass is 480 g/mol. The molecule has 3 N–H and O–H groups in total. The zero-order chi connectivity index (χ0) is 25.2. The zero-order valence-electron chi connectivity index (χ0n) is 20.2. The van der Waals surface area contributed by atoms with Crippen molar-refractivity contribution in [1.82, 2.24) is 10.6 Å². The fraction of sp³-hybridized carbons (Fsp3) is 0.444. The molecule has 186 valence electrons. The summed E-state index contributed by atoms with van der Waals surface area (Å²) in [7, 11) is 0. The van der Waals surface area contributed by atoms with Gasteiger partial charge >= 0.3 is 12.1 Å². The van der Waals surface area contributed by atoms with Crippen LogP contribution >= 0.6 is 0 Å². The number of hydrogen-bond donors (Lipinski definition) is 3. The average molecular weight is 481 g/mol. The molecule has 0 bridgehead atoms. The number of amides is 2. The molecule has 2 aliphatic carbocycles. The Balaban J connectivity index is 1.23. The molecule has 0 spiro atoms. The number of ether oxygens (including phenoxy) is 2. The van der Waals surface area contributed by atoms with E-state index in [1.165, 1.54) is 0 Å². The molecule has 2 aliphatic rings. The molecule has 0 unspecified atom stereocenters. The van der Waals surface area contributed by atoms with Gasteiger partial charge in [0.15, 0.2) is 6.04 Å². The highest BCUT2D eigenvalue weighted by atomic mass is 16.5. The van der Waals surface area contributed by atoms with E-state index in [0.717, 1.165) is 22.3 Å². The zero-order valence-corrected chi connectivity index (χ0v) is 20.2. The molecular formula is C27H32N2O6. The number of benzene rings is 2. The van der Waals surface area contributed by atoms with Crippen molar-refractivity contribution in [2.75, 3.05) is 13.2 Å². The van der Waals surface area contributed by atoms with E-state index in [4.69, 9.17) is 9.47 Å². The SMILES string of the molecule is CC(C)(C)OC[C@H](NC(=O)C1CC(NC(=O)OCC2c3ccccc3-c3ccccc32)C1)C(=O)O. The van der Waals surface area contributed by atoms with Gasteiger partial charge in [-0.2, -0.15) is 0 Å². The van der Waals surface area contributed by atoms with Crippen molar-refractivity contribution in [2.45, 2.75) is 57.2 Å². The summed E-state index contributed by atoms with van der Waals surface area (Å²) in [6.45, 7) is 5.57. The molecule has 0 aromatic heterocycles. The first-order chi connectivity index (χ1) is 16.6. The molecule has 0 saturated heterocycles. The smallest absolute Gasteiger partial charge is 0.407 e. The number of fused-ring (bicyclic) bond motifs is 3. The summed E-state index contributed by atoms with van der Waals surface area (Å²) in [6.07, 6.45) is 0.350. The molecule has 0 aliphatic heterocycles. The summed E-state index contributed by atoms with van der Waals surface area (Å²) in [5.74, 6) is -1.86. The molecule has 1 atom stereocenters. The van der Waals surface area contributed by atoms with Crippen LogP contribution in [0.15, 0.2) is 48.5 Å². The van der Waals surface area contributed by atoms with E-state index in [1.807, 2.05) is 45.0 Å². The summed E-state index contributed by atoms with van der Waals surface area (Å²) < 4.78 is 11.1. The number of hydrogen-bond acceptors (Lipinski definition) is 5. The predicted molar refractivity (Wildman–Crippen MR) is 130 cm³/mol. The van der Waals surface area contributed by atoms with Crippen LogP contribution in [0, 0.1) is 5.92 Å². The van der Waals surface area contributed by atoms with Gasteiger partial charge in [0, 0.05) is 17.9 Å². The van der Waals surface area contributed by atoms with Gasteiger partial charge in [-0.05, 0) is 55.9 Å². The molecule has 2 amide bonds. The lowest BCUT2D eigenvalue weighted by Crippen LogP contribution is -2.53. The normalized spacial score (nSPS) is 19.6. The fourth-order valence-electron chi connectivity index (χ4n) is 4.55. The summed E-state index contributed by atoms with van der Waals surface area (Å²) in [5, 5.41) is 14.7. The van der Waals surface area contributed by atoms with Crippen LogP contribution in [0.5, 0.6) is 0 Å². The third-order valence-corrected chi connectivity index (χ3v) is 6.47. The van der Waals surface area contributed by atoms with E-state index in [0.29, 0.717) is 12.8 Å². The van der Waals surface area contributed by atoms with Crippen LogP contribution in [0.1, 0.15) is 50.7 Å². The van der Waals surface area contributed by atoms with Gasteiger partial charge in [0.05, 0.1) is 12.2 Å². The predicted octanol–water partition coefficient (Wildman–Crippen LogP) is 3.69. The van der Waals surface area contributed by atoms with Gasteiger partial charge in [-0.3, -0.25) is 4.79 Å². The molecule has 1 fully saturated rings. The maximum absolute atomic E-state index is 12.5. The molecule has 4 rings (SSSR count). The first kappa shape index (κ1) is 24.7. The van der Waals surface area contributed by atoms with Gasteiger partial charge < -0.3 is 25.2 Å². The number of carboxylic acid groups (broad SMARTS) is 1. The molecule has 2 aromatic rings. The molecule has 2 aromatic carbocycles. The van der Waals surface area contributed by atoms with Crippen molar-refractivity contribution in [2.24, 2.45) is 5.92 Å². The molecule has 0 heterocycles. The van der Waals surface area contributed by atoms with Crippen molar-refractivity contribution in [3.05, 3.63) is 59.7 Å². The van der Waals surface area contributed by atoms with Crippen LogP contribution in [0.25, 0.3) is 11.1 Å². The first-order valence-electron chi connectivity index (χ1n) is 11.9. The third kappa shape index (κ3) is 5.82. The summed E-state index contributed by atoms with van der Waals surface area (Å²) in [4.78, 5) is 36.3. The highest BCUT2D eigenvalue weighted by molar-refractivity contribution is 5.86. The molecule has 1 saturated carbocycles. The van der Waals surface area contributed by atoms with Gasteiger partial charge in [0.2, 0.25) is 5.91 Å². The maximum Gasteiger partial charge on any atom is 0.407 e. The lowest BCUT2D eigenvalue weighted by Gasteiger charge is -2.35.